The second-order valence-electron chi connectivity index (χ2n) is 6.93. The Hall–Kier alpha value is -2.45. The number of hydrogen-bond donors (Lipinski definition) is 2. The first-order chi connectivity index (χ1) is 13.7. The number of amides is 2. The molecule has 0 radical (unpaired) electrons. The topological polar surface area (TPSA) is 71.2 Å². The third kappa shape index (κ3) is 5.77. The zero-order valence-electron chi connectivity index (χ0n) is 16.3. The Morgan fingerprint density at radius 3 is 2.71 bits per heavy atom. The van der Waals surface area contributed by atoms with Gasteiger partial charge in [-0.25, -0.2) is 4.98 Å². The van der Waals surface area contributed by atoms with Crippen molar-refractivity contribution in [2.75, 3.05) is 50.7 Å². The summed E-state index contributed by atoms with van der Waals surface area (Å²) < 4.78 is 0. The van der Waals surface area contributed by atoms with Crippen molar-refractivity contribution in [1.82, 2.24) is 10.2 Å². The number of piperazine rings is 1. The summed E-state index contributed by atoms with van der Waals surface area (Å²) in [6.45, 7) is 7.20. The molecule has 0 bridgehead atoms. The quantitative estimate of drug-likeness (QED) is 0.620. The monoisotopic (exact) mass is 403 g/mol. The lowest BCUT2D eigenvalue weighted by Crippen LogP contribution is -3.16. The van der Waals surface area contributed by atoms with Crippen LogP contribution in [-0.4, -0.2) is 62.5 Å². The van der Waals surface area contributed by atoms with Crippen molar-refractivity contribution in [3.05, 3.63) is 46.8 Å². The smallest absolute Gasteiger partial charge is 0.278 e. The van der Waals surface area contributed by atoms with Crippen LogP contribution < -0.4 is 20.1 Å². The van der Waals surface area contributed by atoms with Gasteiger partial charge in [-0.15, -0.1) is 11.3 Å². The van der Waals surface area contributed by atoms with Gasteiger partial charge in [0.05, 0.1) is 19.3 Å². The van der Waals surface area contributed by atoms with Crippen LogP contribution >= 0.6 is 11.3 Å². The number of thiophene rings is 1. The van der Waals surface area contributed by atoms with Crippen LogP contribution in [0.25, 0.3) is 0 Å². The Balaban J connectivity index is 1.42. The van der Waals surface area contributed by atoms with E-state index in [9.17, 15) is 9.59 Å². The van der Waals surface area contributed by atoms with E-state index in [4.69, 9.17) is 0 Å². The molecule has 2 amide bonds. The number of rotatable bonds is 8. The van der Waals surface area contributed by atoms with Gasteiger partial charge in [0.25, 0.3) is 11.7 Å². The fraction of sp³-hybridized carbons (Fsp3) is 0.450. The SMILES string of the molecule is CCN(CC(=O)NCc1cccs1)C(=O)C[NH+]1CCN(c2cccc[nH+]2)CC1. The number of H-pyrrole nitrogens is 1. The van der Waals surface area contributed by atoms with Gasteiger partial charge < -0.3 is 15.1 Å². The largest absolute Gasteiger partial charge is 0.350 e. The molecule has 7 nitrogen and oxygen atoms in total. The molecule has 150 valence electrons. The zero-order valence-corrected chi connectivity index (χ0v) is 17.1. The molecule has 1 fully saturated rings. The van der Waals surface area contributed by atoms with Gasteiger partial charge in [-0.2, -0.15) is 0 Å². The van der Waals surface area contributed by atoms with Crippen molar-refractivity contribution in [1.29, 1.82) is 0 Å². The third-order valence-corrected chi connectivity index (χ3v) is 5.89. The minimum Gasteiger partial charge on any atom is -0.350 e. The molecule has 3 heterocycles. The van der Waals surface area contributed by atoms with E-state index in [1.807, 2.05) is 42.8 Å². The van der Waals surface area contributed by atoms with E-state index in [0.717, 1.165) is 36.9 Å². The Bertz CT molecular complexity index is 745. The molecular weight excluding hydrogens is 374 g/mol. The van der Waals surface area contributed by atoms with Crippen LogP contribution in [-0.2, 0) is 16.1 Å². The molecule has 3 N–H and O–H groups in total. The predicted molar refractivity (Wildman–Crippen MR) is 109 cm³/mol. The fourth-order valence-corrected chi connectivity index (χ4v) is 4.00. The highest BCUT2D eigenvalue weighted by Gasteiger charge is 2.28. The van der Waals surface area contributed by atoms with Gasteiger partial charge in [0.1, 0.15) is 26.2 Å². The van der Waals surface area contributed by atoms with Crippen molar-refractivity contribution < 1.29 is 19.5 Å². The standard InChI is InChI=1S/C20H27N5O2S/c1-2-24(15-19(26)22-14-17-6-5-13-28-17)20(27)16-23-9-11-25(12-10-23)18-7-3-4-8-21-18/h3-8,13H,2,9-12,14-16H2,1H3,(H,22,26)/p+2. The Labute approximate surface area is 170 Å². The van der Waals surface area contributed by atoms with Crippen LogP contribution in [0.4, 0.5) is 5.82 Å². The van der Waals surface area contributed by atoms with Crippen LogP contribution in [0.5, 0.6) is 0 Å². The Morgan fingerprint density at radius 1 is 1.25 bits per heavy atom. The van der Waals surface area contributed by atoms with Crippen molar-refractivity contribution >= 4 is 29.0 Å². The normalized spacial score (nSPS) is 14.7. The van der Waals surface area contributed by atoms with E-state index in [1.165, 1.54) is 4.90 Å². The summed E-state index contributed by atoms with van der Waals surface area (Å²) >= 11 is 1.61. The number of pyridine rings is 1. The number of nitrogens with zero attached hydrogens (tertiary/aromatic N) is 2. The van der Waals surface area contributed by atoms with E-state index in [1.54, 1.807) is 16.2 Å². The van der Waals surface area contributed by atoms with Gasteiger partial charge in [0, 0.05) is 17.5 Å². The number of likely N-dealkylation sites (N-methyl/N-ethyl adjacent to an activating group) is 1. The number of quaternary nitrogens is 1. The van der Waals surface area contributed by atoms with Crippen LogP contribution in [0.3, 0.4) is 0 Å². The van der Waals surface area contributed by atoms with E-state index >= 15 is 0 Å². The molecule has 1 saturated heterocycles. The van der Waals surface area contributed by atoms with Crippen LogP contribution in [0.1, 0.15) is 11.8 Å². The molecule has 1 aliphatic rings. The third-order valence-electron chi connectivity index (χ3n) is 5.01. The Kier molecular flexibility index (Phi) is 7.39. The van der Waals surface area contributed by atoms with Crippen molar-refractivity contribution in [3.63, 3.8) is 0 Å². The Morgan fingerprint density at radius 2 is 2.07 bits per heavy atom. The molecule has 2 aromatic rings. The number of nitrogens with one attached hydrogen (secondary N) is 3. The lowest BCUT2D eigenvalue weighted by atomic mass is 10.3. The molecule has 0 aromatic carbocycles. The van der Waals surface area contributed by atoms with Gasteiger partial charge in [-0.1, -0.05) is 12.1 Å². The molecule has 0 spiro atoms. The average Bonchev–Trinajstić information content (AvgIpc) is 3.25. The molecule has 8 heteroatoms. The summed E-state index contributed by atoms with van der Waals surface area (Å²) in [7, 11) is 0. The summed E-state index contributed by atoms with van der Waals surface area (Å²) in [6, 6.07) is 10.0. The summed E-state index contributed by atoms with van der Waals surface area (Å²) in [5, 5.41) is 4.88. The van der Waals surface area contributed by atoms with Crippen molar-refractivity contribution in [2.45, 2.75) is 13.5 Å². The first kappa shape index (κ1) is 20.3. The molecule has 28 heavy (non-hydrogen) atoms. The lowest BCUT2D eigenvalue weighted by molar-refractivity contribution is -0.892. The molecule has 0 atom stereocenters. The van der Waals surface area contributed by atoms with Crippen LogP contribution in [0, 0.1) is 0 Å². The lowest BCUT2D eigenvalue weighted by Gasteiger charge is -2.29. The fourth-order valence-electron chi connectivity index (χ4n) is 3.35. The maximum Gasteiger partial charge on any atom is 0.278 e. The maximum absolute atomic E-state index is 12.7. The molecule has 0 unspecified atom stereocenters. The van der Waals surface area contributed by atoms with Gasteiger partial charge >= 0.3 is 0 Å². The number of aromatic nitrogens is 1. The zero-order chi connectivity index (χ0) is 19.8. The highest BCUT2D eigenvalue weighted by Crippen LogP contribution is 2.07. The molecule has 2 aromatic heterocycles. The number of carbonyl (C=O) groups excluding carboxylic acids is 2. The van der Waals surface area contributed by atoms with Crippen molar-refractivity contribution in [3.8, 4) is 0 Å². The van der Waals surface area contributed by atoms with Gasteiger partial charge in [-0.05, 0) is 24.4 Å². The molecule has 1 aliphatic heterocycles. The second kappa shape index (κ2) is 10.2. The molecule has 0 saturated carbocycles. The second-order valence-corrected chi connectivity index (χ2v) is 7.96. The number of carbonyl (C=O) groups is 2. The summed E-state index contributed by atoms with van der Waals surface area (Å²) in [6.07, 6.45) is 1.93. The highest BCUT2D eigenvalue weighted by molar-refractivity contribution is 7.09. The highest BCUT2D eigenvalue weighted by atomic mass is 32.1. The number of hydrogen-bond acceptors (Lipinski definition) is 4. The van der Waals surface area contributed by atoms with E-state index < -0.39 is 0 Å². The summed E-state index contributed by atoms with van der Waals surface area (Å²) in [4.78, 5) is 34.5. The number of anilines is 1. The van der Waals surface area contributed by atoms with E-state index in [-0.39, 0.29) is 18.4 Å². The first-order valence-corrected chi connectivity index (χ1v) is 10.7. The number of aromatic amines is 1. The molecular formula is C20H29N5O2S+2. The first-order valence-electron chi connectivity index (χ1n) is 9.77. The minimum absolute atomic E-state index is 0.0449. The molecule has 3 rings (SSSR count). The van der Waals surface area contributed by atoms with Gasteiger partial charge in [-0.3, -0.25) is 14.5 Å². The maximum atomic E-state index is 12.7. The summed E-state index contributed by atoms with van der Waals surface area (Å²) in [5.41, 5.74) is 0. The van der Waals surface area contributed by atoms with Gasteiger partial charge in [0.15, 0.2) is 6.54 Å². The van der Waals surface area contributed by atoms with Crippen molar-refractivity contribution in [2.24, 2.45) is 0 Å². The van der Waals surface area contributed by atoms with E-state index in [0.29, 0.717) is 19.6 Å². The average molecular weight is 404 g/mol. The van der Waals surface area contributed by atoms with E-state index in [2.05, 4.69) is 21.3 Å². The van der Waals surface area contributed by atoms with Gasteiger partial charge in [0.2, 0.25) is 5.91 Å². The van der Waals surface area contributed by atoms with Crippen LogP contribution in [0.15, 0.2) is 41.9 Å². The summed E-state index contributed by atoms with van der Waals surface area (Å²) in [5.74, 6) is 1.05. The molecule has 0 aliphatic carbocycles. The van der Waals surface area contributed by atoms with Crippen LogP contribution in [0.2, 0.25) is 0 Å². The predicted octanol–water partition coefficient (Wildman–Crippen LogP) is -0.568. The minimum atomic E-state index is -0.108.